The lowest BCUT2D eigenvalue weighted by Gasteiger charge is -2.26. The van der Waals surface area contributed by atoms with Gasteiger partial charge < -0.3 is 20.0 Å². The lowest BCUT2D eigenvalue weighted by molar-refractivity contribution is -0.124. The first kappa shape index (κ1) is 26.9. The van der Waals surface area contributed by atoms with Crippen LogP contribution in [0.25, 0.3) is 10.9 Å². The minimum atomic E-state index is -0.495. The number of fused-ring (bicyclic) bond motifs is 1. The van der Waals surface area contributed by atoms with Gasteiger partial charge in [-0.1, -0.05) is 55.3 Å². The Kier molecular flexibility index (Phi) is 7.76. The molecular formula is C33H40N4O2. The molecule has 0 radical (unpaired) electrons. The lowest BCUT2D eigenvalue weighted by atomic mass is 9.84. The van der Waals surface area contributed by atoms with E-state index >= 15 is 0 Å². The fraction of sp³-hybridized carbons (Fsp3) is 0.394. The average molecular weight is 525 g/mol. The van der Waals surface area contributed by atoms with E-state index in [0.717, 1.165) is 60.2 Å². The van der Waals surface area contributed by atoms with Crippen molar-refractivity contribution in [1.29, 1.82) is 0 Å². The first-order valence-corrected chi connectivity index (χ1v) is 14.0. The Morgan fingerprint density at radius 3 is 2.59 bits per heavy atom. The van der Waals surface area contributed by atoms with Crippen LogP contribution in [0.15, 0.2) is 79.4 Å². The molecule has 3 N–H and O–H groups in total. The summed E-state index contributed by atoms with van der Waals surface area (Å²) < 4.78 is 7.38. The highest BCUT2D eigenvalue weighted by Crippen LogP contribution is 2.36. The van der Waals surface area contributed by atoms with Crippen molar-refractivity contribution >= 4 is 16.7 Å². The van der Waals surface area contributed by atoms with Gasteiger partial charge in [0, 0.05) is 40.7 Å². The van der Waals surface area contributed by atoms with Crippen molar-refractivity contribution in [3.05, 3.63) is 96.2 Å². The molecule has 6 heteroatoms. The number of carbonyl (C=O) groups excluding carboxylic acids is 1. The number of ether oxygens (including phenoxy) is 1. The molecule has 2 atom stereocenters. The minimum absolute atomic E-state index is 0.0684. The van der Waals surface area contributed by atoms with Gasteiger partial charge in [-0.3, -0.25) is 4.79 Å². The number of hydrogen-bond donors (Lipinski definition) is 2. The Morgan fingerprint density at radius 2 is 1.90 bits per heavy atom. The Hall–Kier alpha value is -3.64. The van der Waals surface area contributed by atoms with Gasteiger partial charge in [-0.25, -0.2) is 4.98 Å². The summed E-state index contributed by atoms with van der Waals surface area (Å²) in [6.07, 6.45) is 11.6. The predicted octanol–water partition coefficient (Wildman–Crippen LogP) is 6.73. The van der Waals surface area contributed by atoms with Crippen LogP contribution in [0.1, 0.15) is 74.7 Å². The second-order valence-electron chi connectivity index (χ2n) is 11.6. The second kappa shape index (κ2) is 11.2. The van der Waals surface area contributed by atoms with Gasteiger partial charge in [0.2, 0.25) is 0 Å². The van der Waals surface area contributed by atoms with Gasteiger partial charge in [0.05, 0.1) is 19.1 Å². The summed E-state index contributed by atoms with van der Waals surface area (Å²) in [5.41, 5.74) is 11.2. The zero-order chi connectivity index (χ0) is 27.6. The van der Waals surface area contributed by atoms with E-state index in [2.05, 4.69) is 42.2 Å². The molecule has 6 nitrogen and oxygen atoms in total. The summed E-state index contributed by atoms with van der Waals surface area (Å²) >= 11 is 0. The maximum atomic E-state index is 13.9. The molecule has 1 aliphatic rings. The van der Waals surface area contributed by atoms with Gasteiger partial charge in [-0.05, 0) is 68.9 Å². The van der Waals surface area contributed by atoms with E-state index in [1.807, 2.05) is 55.1 Å². The van der Waals surface area contributed by atoms with Crippen LogP contribution in [0.3, 0.4) is 0 Å². The van der Waals surface area contributed by atoms with Crippen LogP contribution in [0.2, 0.25) is 0 Å². The first-order valence-electron chi connectivity index (χ1n) is 14.0. The number of benzene rings is 2. The predicted molar refractivity (Wildman–Crippen MR) is 157 cm³/mol. The van der Waals surface area contributed by atoms with Crippen molar-refractivity contribution < 1.29 is 9.53 Å². The maximum Gasteiger partial charge on any atom is 0.163 e. The van der Waals surface area contributed by atoms with Crippen molar-refractivity contribution in [3.8, 4) is 5.75 Å². The number of Topliss-reactive ketones (excluding diaryl/α,β-unsaturated/α-hetero) is 1. The number of H-pyrrole nitrogens is 1. The molecule has 5 rings (SSSR count). The van der Waals surface area contributed by atoms with Gasteiger partial charge in [0.15, 0.2) is 5.78 Å². The molecule has 4 aromatic rings. The van der Waals surface area contributed by atoms with Crippen molar-refractivity contribution in [2.45, 2.75) is 69.9 Å². The van der Waals surface area contributed by atoms with Crippen molar-refractivity contribution in [2.24, 2.45) is 11.7 Å². The fourth-order valence-corrected chi connectivity index (χ4v) is 5.82. The van der Waals surface area contributed by atoms with E-state index in [1.54, 1.807) is 7.11 Å². The summed E-state index contributed by atoms with van der Waals surface area (Å²) in [5, 5.41) is 1.21. The van der Waals surface area contributed by atoms with Gasteiger partial charge in [0.1, 0.15) is 11.8 Å². The molecule has 1 aliphatic carbocycles. The number of rotatable bonds is 11. The Morgan fingerprint density at radius 1 is 1.18 bits per heavy atom. The fourth-order valence-electron chi connectivity index (χ4n) is 5.82. The third kappa shape index (κ3) is 5.86. The molecule has 0 saturated heterocycles. The van der Waals surface area contributed by atoms with E-state index in [4.69, 9.17) is 15.5 Å². The van der Waals surface area contributed by atoms with E-state index < -0.39 is 11.6 Å². The van der Waals surface area contributed by atoms with E-state index in [0.29, 0.717) is 6.42 Å². The summed E-state index contributed by atoms with van der Waals surface area (Å²) in [7, 11) is 1.66. The molecule has 2 unspecified atom stereocenters. The summed E-state index contributed by atoms with van der Waals surface area (Å²) in [6.45, 7) is 8.33. The SMILES string of the molecule is C=C(CC(Cc1c[nH]c2ccccc12)c1cn(C(C(=O)C2CCCC2)c2ccc(OC)cc2)cn1)C(C)(C)N. The van der Waals surface area contributed by atoms with Crippen molar-refractivity contribution in [2.75, 3.05) is 7.11 Å². The van der Waals surface area contributed by atoms with Gasteiger partial charge >= 0.3 is 0 Å². The number of nitrogens with zero attached hydrogens (tertiary/aromatic N) is 2. The molecule has 2 aromatic heterocycles. The smallest absolute Gasteiger partial charge is 0.163 e. The summed E-state index contributed by atoms with van der Waals surface area (Å²) in [6, 6.07) is 15.8. The Labute approximate surface area is 231 Å². The van der Waals surface area contributed by atoms with Crippen LogP contribution in [-0.4, -0.2) is 33.0 Å². The number of nitrogens with two attached hydrogens (primary N) is 1. The number of nitrogens with one attached hydrogen (secondary N) is 1. The number of ketones is 1. The monoisotopic (exact) mass is 524 g/mol. The minimum Gasteiger partial charge on any atom is -0.497 e. The number of aromatic nitrogens is 3. The number of aromatic amines is 1. The maximum absolute atomic E-state index is 13.9. The highest BCUT2D eigenvalue weighted by molar-refractivity contribution is 5.88. The number of hydrogen-bond acceptors (Lipinski definition) is 4. The molecule has 204 valence electrons. The van der Waals surface area contributed by atoms with Crippen molar-refractivity contribution in [3.63, 3.8) is 0 Å². The highest BCUT2D eigenvalue weighted by atomic mass is 16.5. The normalized spacial score (nSPS) is 15.9. The molecule has 0 aliphatic heterocycles. The largest absolute Gasteiger partial charge is 0.497 e. The van der Waals surface area contributed by atoms with E-state index in [1.165, 1.54) is 10.9 Å². The summed E-state index contributed by atoms with van der Waals surface area (Å²) in [5.74, 6) is 1.20. The van der Waals surface area contributed by atoms with Crippen LogP contribution < -0.4 is 10.5 Å². The van der Waals surface area contributed by atoms with Gasteiger partial charge in [0.25, 0.3) is 0 Å². The molecule has 1 saturated carbocycles. The second-order valence-corrected chi connectivity index (χ2v) is 11.6. The molecule has 0 spiro atoms. The number of para-hydroxylation sites is 1. The average Bonchev–Trinajstić information content (AvgIpc) is 3.70. The standard InChI is InChI=1S/C33H40N4O2/c1-22(33(2,3)34)17-25(18-26-19-35-29-12-8-7-11-28(26)29)30-20-37(21-36-30)31(32(38)24-9-5-6-10-24)23-13-15-27(39-4)16-14-23/h7-8,11-16,19-21,24-25,31,35H,1,5-6,9-10,17-18,34H2,2-4H3. The van der Waals surface area contributed by atoms with Gasteiger partial charge in [-0.15, -0.1) is 0 Å². The first-order chi connectivity index (χ1) is 18.7. The number of carbonyl (C=O) groups is 1. The number of imidazole rings is 1. The van der Waals surface area contributed by atoms with Crippen molar-refractivity contribution in [1.82, 2.24) is 14.5 Å². The molecular weight excluding hydrogens is 484 g/mol. The Bertz CT molecular complexity index is 1430. The zero-order valence-corrected chi connectivity index (χ0v) is 23.3. The highest BCUT2D eigenvalue weighted by Gasteiger charge is 2.32. The topological polar surface area (TPSA) is 85.9 Å². The van der Waals surface area contributed by atoms with Crippen LogP contribution in [0, 0.1) is 5.92 Å². The van der Waals surface area contributed by atoms with Crippen LogP contribution in [-0.2, 0) is 11.2 Å². The molecule has 39 heavy (non-hydrogen) atoms. The lowest BCUT2D eigenvalue weighted by Crippen LogP contribution is -2.34. The van der Waals surface area contributed by atoms with Crippen LogP contribution in [0.5, 0.6) is 5.75 Å². The molecule has 1 fully saturated rings. The van der Waals surface area contributed by atoms with E-state index in [-0.39, 0.29) is 17.6 Å². The zero-order valence-electron chi connectivity index (χ0n) is 23.3. The molecule has 2 aromatic carbocycles. The Balaban J connectivity index is 1.50. The van der Waals surface area contributed by atoms with Gasteiger partial charge in [-0.2, -0.15) is 0 Å². The third-order valence-corrected chi connectivity index (χ3v) is 8.34. The van der Waals surface area contributed by atoms with E-state index in [9.17, 15) is 4.79 Å². The summed E-state index contributed by atoms with van der Waals surface area (Å²) in [4.78, 5) is 22.2. The molecule has 2 heterocycles. The van der Waals surface area contributed by atoms with Crippen LogP contribution in [0.4, 0.5) is 0 Å². The number of methoxy groups -OCH3 is 1. The molecule has 0 bridgehead atoms. The quantitative estimate of drug-likeness (QED) is 0.213. The van der Waals surface area contributed by atoms with Crippen LogP contribution >= 0.6 is 0 Å². The third-order valence-electron chi connectivity index (χ3n) is 8.34. The molecule has 0 amide bonds.